The summed E-state index contributed by atoms with van der Waals surface area (Å²) in [5, 5.41) is 5.18. The number of aryl methyl sites for hydroxylation is 1. The largest absolute Gasteiger partial charge is 0.383 e. The summed E-state index contributed by atoms with van der Waals surface area (Å²) in [6.45, 7) is 10.7. The highest BCUT2D eigenvalue weighted by Gasteiger charge is 2.16. The molecule has 0 aromatic carbocycles. The number of pyridine rings is 1. The molecule has 0 atom stereocenters. The number of allylic oxidation sites excluding steroid dienone is 2. The fourth-order valence-corrected chi connectivity index (χ4v) is 3.63. The summed E-state index contributed by atoms with van der Waals surface area (Å²) in [5.41, 5.74) is 4.15. The maximum atomic E-state index is 12.3. The normalized spacial score (nSPS) is 10.6. The van der Waals surface area contributed by atoms with E-state index in [4.69, 9.17) is 4.74 Å². The molecule has 0 spiro atoms. The molecule has 3 aromatic rings. The first-order valence-corrected chi connectivity index (χ1v) is 11.3. The zero-order chi connectivity index (χ0) is 23.5. The number of carbonyl (C=O) groups is 1. The molecule has 0 bridgehead atoms. The van der Waals surface area contributed by atoms with Gasteiger partial charge in [0.2, 0.25) is 0 Å². The standard InChI is InChI=1S/C21H22N4O3S.C3H8/c1-4-5-6-15-13(2)23-11-17(15)18-12-29-21(25-18)16-9-14(10-24-20(16)27)19(26)22-7-8-28-3;1-3-2/h4-6,9-12,23H,1,7-8H2,2-3H3,(H,22,26)(H,24,27);3H2,1-2H3/b6-5-;. The van der Waals surface area contributed by atoms with E-state index in [1.54, 1.807) is 19.3 Å². The van der Waals surface area contributed by atoms with Gasteiger partial charge < -0.3 is 20.0 Å². The Morgan fingerprint density at radius 3 is 2.72 bits per heavy atom. The lowest BCUT2D eigenvalue weighted by atomic mass is 10.1. The quantitative estimate of drug-likeness (QED) is 0.336. The molecule has 3 rings (SSSR count). The summed E-state index contributed by atoms with van der Waals surface area (Å²) in [4.78, 5) is 35.1. The van der Waals surface area contributed by atoms with E-state index in [9.17, 15) is 9.59 Å². The first-order chi connectivity index (χ1) is 15.5. The van der Waals surface area contributed by atoms with Gasteiger partial charge in [-0.1, -0.05) is 45.1 Å². The molecule has 32 heavy (non-hydrogen) atoms. The van der Waals surface area contributed by atoms with E-state index in [1.165, 1.54) is 24.0 Å². The number of aromatic amines is 2. The smallest absolute Gasteiger partial charge is 0.258 e. The summed E-state index contributed by atoms with van der Waals surface area (Å²) in [7, 11) is 1.56. The lowest BCUT2D eigenvalue weighted by Crippen LogP contribution is -2.27. The number of rotatable bonds is 8. The number of nitrogens with zero attached hydrogens (tertiary/aromatic N) is 1. The van der Waals surface area contributed by atoms with Crippen molar-refractivity contribution in [3.05, 3.63) is 69.7 Å². The zero-order valence-corrected chi connectivity index (χ0v) is 19.8. The molecule has 170 valence electrons. The van der Waals surface area contributed by atoms with Crippen LogP contribution in [0.3, 0.4) is 0 Å². The predicted octanol–water partition coefficient (Wildman–Crippen LogP) is 4.79. The summed E-state index contributed by atoms with van der Waals surface area (Å²) in [6, 6.07) is 1.56. The average Bonchev–Trinajstić information content (AvgIpc) is 3.40. The van der Waals surface area contributed by atoms with Crippen molar-refractivity contribution >= 4 is 23.3 Å². The minimum atomic E-state index is -0.295. The molecule has 8 heteroatoms. The van der Waals surface area contributed by atoms with Gasteiger partial charge in [-0.3, -0.25) is 9.59 Å². The van der Waals surface area contributed by atoms with Gasteiger partial charge in [-0.05, 0) is 13.0 Å². The second kappa shape index (κ2) is 12.6. The van der Waals surface area contributed by atoms with E-state index in [2.05, 4.69) is 40.7 Å². The number of amides is 1. The van der Waals surface area contributed by atoms with E-state index in [0.717, 1.165) is 22.5 Å². The minimum Gasteiger partial charge on any atom is -0.383 e. The summed E-state index contributed by atoms with van der Waals surface area (Å²) in [6.07, 6.45) is 10.1. The predicted molar refractivity (Wildman–Crippen MR) is 132 cm³/mol. The fraction of sp³-hybridized carbons (Fsp3) is 0.292. The van der Waals surface area contributed by atoms with Crippen LogP contribution in [0.15, 0.2) is 47.4 Å². The van der Waals surface area contributed by atoms with Crippen molar-refractivity contribution in [2.75, 3.05) is 20.3 Å². The van der Waals surface area contributed by atoms with E-state index in [0.29, 0.717) is 29.3 Å². The lowest BCUT2D eigenvalue weighted by molar-refractivity contribution is 0.0936. The Balaban J connectivity index is 0.00000114. The minimum absolute atomic E-state index is 0.283. The van der Waals surface area contributed by atoms with E-state index >= 15 is 0 Å². The monoisotopic (exact) mass is 454 g/mol. The van der Waals surface area contributed by atoms with Crippen LogP contribution < -0.4 is 10.9 Å². The lowest BCUT2D eigenvalue weighted by Gasteiger charge is -2.05. The van der Waals surface area contributed by atoms with Gasteiger partial charge in [0.1, 0.15) is 5.01 Å². The van der Waals surface area contributed by atoms with Crippen LogP contribution in [-0.2, 0) is 4.74 Å². The van der Waals surface area contributed by atoms with Crippen molar-refractivity contribution in [2.45, 2.75) is 27.2 Å². The Morgan fingerprint density at radius 1 is 1.28 bits per heavy atom. The third kappa shape index (κ3) is 6.38. The second-order valence-corrected chi connectivity index (χ2v) is 7.82. The van der Waals surface area contributed by atoms with Crippen LogP contribution in [-0.4, -0.2) is 41.1 Å². The topological polar surface area (TPSA) is 99.9 Å². The number of ether oxygens (including phenoxy) is 1. The van der Waals surface area contributed by atoms with Gasteiger partial charge in [0, 0.05) is 48.2 Å². The number of aromatic nitrogens is 3. The van der Waals surface area contributed by atoms with Crippen LogP contribution >= 0.6 is 11.3 Å². The van der Waals surface area contributed by atoms with Crippen LogP contribution in [0.2, 0.25) is 0 Å². The third-order valence-electron chi connectivity index (χ3n) is 4.29. The maximum absolute atomic E-state index is 12.3. The van der Waals surface area contributed by atoms with E-state index in [1.807, 2.05) is 30.7 Å². The molecule has 0 aliphatic heterocycles. The average molecular weight is 455 g/mol. The number of hydrogen-bond donors (Lipinski definition) is 3. The molecule has 0 unspecified atom stereocenters. The Hall–Kier alpha value is -3.23. The maximum Gasteiger partial charge on any atom is 0.258 e. The molecule has 0 radical (unpaired) electrons. The Kier molecular flexibility index (Phi) is 9.84. The van der Waals surface area contributed by atoms with Crippen LogP contribution in [0.5, 0.6) is 0 Å². The van der Waals surface area contributed by atoms with Gasteiger partial charge in [-0.15, -0.1) is 11.3 Å². The van der Waals surface area contributed by atoms with Crippen molar-refractivity contribution in [1.29, 1.82) is 0 Å². The molecule has 0 saturated carbocycles. The van der Waals surface area contributed by atoms with Crippen molar-refractivity contribution in [1.82, 2.24) is 20.3 Å². The number of nitrogens with one attached hydrogen (secondary N) is 3. The van der Waals surface area contributed by atoms with Gasteiger partial charge in [-0.2, -0.15) is 0 Å². The molecule has 3 N–H and O–H groups in total. The fourth-order valence-electron chi connectivity index (χ4n) is 2.79. The molecule has 1 amide bonds. The molecule has 0 saturated heterocycles. The molecule has 3 aromatic heterocycles. The third-order valence-corrected chi connectivity index (χ3v) is 5.17. The van der Waals surface area contributed by atoms with Crippen molar-refractivity contribution in [2.24, 2.45) is 0 Å². The van der Waals surface area contributed by atoms with Crippen LogP contribution in [0, 0.1) is 6.92 Å². The molecule has 7 nitrogen and oxygen atoms in total. The second-order valence-electron chi connectivity index (χ2n) is 6.96. The summed E-state index contributed by atoms with van der Waals surface area (Å²) < 4.78 is 4.93. The Bertz CT molecular complexity index is 1120. The van der Waals surface area contributed by atoms with Gasteiger partial charge >= 0.3 is 0 Å². The van der Waals surface area contributed by atoms with Gasteiger partial charge in [0.15, 0.2) is 0 Å². The van der Waals surface area contributed by atoms with Crippen molar-refractivity contribution in [3.63, 3.8) is 0 Å². The highest BCUT2D eigenvalue weighted by molar-refractivity contribution is 7.13. The van der Waals surface area contributed by atoms with Crippen molar-refractivity contribution < 1.29 is 9.53 Å². The number of thiazole rings is 1. The van der Waals surface area contributed by atoms with Crippen LogP contribution in [0.25, 0.3) is 27.9 Å². The highest BCUT2D eigenvalue weighted by atomic mass is 32.1. The number of H-pyrrole nitrogens is 2. The van der Waals surface area contributed by atoms with Crippen molar-refractivity contribution in [3.8, 4) is 21.8 Å². The Morgan fingerprint density at radius 2 is 2.03 bits per heavy atom. The van der Waals surface area contributed by atoms with Crippen LogP contribution in [0.1, 0.15) is 41.9 Å². The summed E-state index contributed by atoms with van der Waals surface area (Å²) >= 11 is 1.35. The van der Waals surface area contributed by atoms with E-state index in [-0.39, 0.29) is 11.5 Å². The molecule has 0 aliphatic rings. The summed E-state index contributed by atoms with van der Waals surface area (Å²) in [5.74, 6) is -0.283. The molecular weight excluding hydrogens is 424 g/mol. The highest BCUT2D eigenvalue weighted by Crippen LogP contribution is 2.31. The molecular formula is C24H30N4O3S. The number of carbonyl (C=O) groups excluding carboxylic acids is 1. The zero-order valence-electron chi connectivity index (χ0n) is 19.0. The molecule has 0 fully saturated rings. The van der Waals surface area contributed by atoms with Gasteiger partial charge in [0.05, 0.1) is 23.4 Å². The van der Waals surface area contributed by atoms with Gasteiger partial charge in [-0.25, -0.2) is 4.98 Å². The Labute approximate surface area is 192 Å². The van der Waals surface area contributed by atoms with Gasteiger partial charge in [0.25, 0.3) is 11.5 Å². The molecule has 0 aliphatic carbocycles. The number of methoxy groups -OCH3 is 1. The van der Waals surface area contributed by atoms with E-state index < -0.39 is 0 Å². The molecule has 3 heterocycles. The first-order valence-electron chi connectivity index (χ1n) is 10.4. The SMILES string of the molecule is C=C/C=C\c1c(-c2csc(-c3cc(C(=O)NCCOC)c[nH]c3=O)n2)c[nH]c1C.CCC. The van der Waals surface area contributed by atoms with Crippen LogP contribution in [0.4, 0.5) is 0 Å². The first kappa shape index (κ1) is 25.0. The number of hydrogen-bond acceptors (Lipinski definition) is 5.